The molecule has 0 radical (unpaired) electrons. The molecule has 0 spiro atoms. The van der Waals surface area contributed by atoms with Gasteiger partial charge in [-0.1, -0.05) is 23.8 Å². The van der Waals surface area contributed by atoms with Crippen LogP contribution in [0.4, 0.5) is 0 Å². The number of aromatic nitrogens is 1. The Morgan fingerprint density at radius 1 is 1.21 bits per heavy atom. The van der Waals surface area contributed by atoms with Crippen molar-refractivity contribution in [3.8, 4) is 16.9 Å². The number of ether oxygens (including phenoxy) is 1. The van der Waals surface area contributed by atoms with Gasteiger partial charge in [0.05, 0.1) is 13.3 Å². The number of nitrogens with zero attached hydrogens (tertiary/aromatic N) is 1. The van der Waals surface area contributed by atoms with Gasteiger partial charge < -0.3 is 10.1 Å². The van der Waals surface area contributed by atoms with Crippen LogP contribution in [0.3, 0.4) is 0 Å². The van der Waals surface area contributed by atoms with Crippen LogP contribution in [-0.4, -0.2) is 24.5 Å². The fourth-order valence-electron chi connectivity index (χ4n) is 2.94. The van der Waals surface area contributed by atoms with E-state index in [1.165, 1.54) is 18.4 Å². The Bertz CT molecular complexity index is 736. The Morgan fingerprint density at radius 3 is 2.75 bits per heavy atom. The Morgan fingerprint density at radius 2 is 2.04 bits per heavy atom. The van der Waals surface area contributed by atoms with Gasteiger partial charge >= 0.3 is 0 Å². The average Bonchev–Trinajstić information content (AvgIpc) is 2.67. The second-order valence-electron chi connectivity index (χ2n) is 5.94. The van der Waals surface area contributed by atoms with Crippen LogP contribution < -0.4 is 10.1 Å². The van der Waals surface area contributed by atoms with Crippen LogP contribution in [0.2, 0.25) is 0 Å². The number of hydrogen-bond donors (Lipinski definition) is 1. The molecule has 0 aliphatic heterocycles. The zero-order valence-corrected chi connectivity index (χ0v) is 13.9. The van der Waals surface area contributed by atoms with E-state index in [2.05, 4.69) is 16.4 Å². The van der Waals surface area contributed by atoms with E-state index in [1.807, 2.05) is 30.3 Å². The molecule has 0 bridgehead atoms. The summed E-state index contributed by atoms with van der Waals surface area (Å²) >= 11 is 0. The minimum Gasteiger partial charge on any atom is -0.494 e. The molecule has 1 N–H and O–H groups in total. The zero-order valence-electron chi connectivity index (χ0n) is 13.9. The van der Waals surface area contributed by atoms with Crippen LogP contribution in [0.5, 0.6) is 5.75 Å². The van der Waals surface area contributed by atoms with Crippen LogP contribution in [0.15, 0.2) is 54.4 Å². The first-order valence-corrected chi connectivity index (χ1v) is 8.32. The summed E-state index contributed by atoms with van der Waals surface area (Å²) in [5.74, 6) is 0.689. The molecule has 3 rings (SSSR count). The number of methoxy groups -OCH3 is 1. The van der Waals surface area contributed by atoms with Gasteiger partial charge in [0.1, 0.15) is 5.75 Å². The van der Waals surface area contributed by atoms with Crippen molar-refractivity contribution in [1.29, 1.82) is 0 Å². The van der Waals surface area contributed by atoms with Gasteiger partial charge in [-0.15, -0.1) is 0 Å². The first kappa shape index (κ1) is 16.2. The largest absolute Gasteiger partial charge is 0.494 e. The molecule has 0 atom stereocenters. The van der Waals surface area contributed by atoms with Gasteiger partial charge in [0.25, 0.3) is 5.91 Å². The van der Waals surface area contributed by atoms with Gasteiger partial charge in [-0.2, -0.15) is 0 Å². The fraction of sp³-hybridized carbons (Fsp3) is 0.300. The summed E-state index contributed by atoms with van der Waals surface area (Å²) in [7, 11) is 1.63. The Kier molecular flexibility index (Phi) is 5.26. The van der Waals surface area contributed by atoms with Gasteiger partial charge in [0.15, 0.2) is 0 Å². The van der Waals surface area contributed by atoms with E-state index in [0.29, 0.717) is 12.1 Å². The van der Waals surface area contributed by atoms with Gasteiger partial charge in [0.2, 0.25) is 0 Å². The van der Waals surface area contributed by atoms with E-state index >= 15 is 0 Å². The molecule has 0 unspecified atom stereocenters. The Labute approximate surface area is 142 Å². The predicted octanol–water partition coefficient (Wildman–Crippen LogP) is 3.99. The number of hydrogen-bond acceptors (Lipinski definition) is 3. The summed E-state index contributed by atoms with van der Waals surface area (Å²) in [6.07, 6.45) is 10.4. The Hall–Kier alpha value is -2.62. The summed E-state index contributed by atoms with van der Waals surface area (Å²) in [4.78, 5) is 16.3. The summed E-state index contributed by atoms with van der Waals surface area (Å²) in [6, 6.07) is 9.47. The highest BCUT2D eigenvalue weighted by Crippen LogP contribution is 2.28. The molecule has 4 heteroatoms. The fourth-order valence-corrected chi connectivity index (χ4v) is 2.94. The van der Waals surface area contributed by atoms with Crippen LogP contribution in [0, 0.1) is 0 Å². The summed E-state index contributed by atoms with van der Waals surface area (Å²) in [6.45, 7) is 0.652. The SMILES string of the molecule is COc1cnccc1-c1ccc(C(=O)NCC2=CCCCC2)cc1. The monoisotopic (exact) mass is 322 g/mol. The van der Waals surface area contributed by atoms with Crippen molar-refractivity contribution in [2.45, 2.75) is 25.7 Å². The van der Waals surface area contributed by atoms with Gasteiger partial charge in [0, 0.05) is 23.9 Å². The Balaban J connectivity index is 1.67. The van der Waals surface area contributed by atoms with Crippen LogP contribution >= 0.6 is 0 Å². The standard InChI is InChI=1S/C20H22N2O2/c1-24-19-14-21-12-11-18(19)16-7-9-17(10-8-16)20(23)22-13-15-5-3-2-4-6-15/h5,7-12,14H,2-4,6,13H2,1H3,(H,22,23). The van der Waals surface area contributed by atoms with Crippen molar-refractivity contribution in [2.24, 2.45) is 0 Å². The summed E-state index contributed by atoms with van der Waals surface area (Å²) in [5.41, 5.74) is 3.98. The number of allylic oxidation sites excluding steroid dienone is 1. The van der Waals surface area contributed by atoms with Crippen molar-refractivity contribution in [3.63, 3.8) is 0 Å². The van der Waals surface area contributed by atoms with E-state index in [-0.39, 0.29) is 5.91 Å². The highest BCUT2D eigenvalue weighted by atomic mass is 16.5. The lowest BCUT2D eigenvalue weighted by molar-refractivity contribution is 0.0956. The lowest BCUT2D eigenvalue weighted by atomic mass is 9.99. The quantitative estimate of drug-likeness (QED) is 0.847. The molecular formula is C20H22N2O2. The highest BCUT2D eigenvalue weighted by Gasteiger charge is 2.10. The van der Waals surface area contributed by atoms with Crippen molar-refractivity contribution < 1.29 is 9.53 Å². The molecule has 2 aromatic rings. The second-order valence-corrected chi connectivity index (χ2v) is 5.94. The van der Waals surface area contributed by atoms with E-state index < -0.39 is 0 Å². The molecule has 4 nitrogen and oxygen atoms in total. The first-order chi connectivity index (χ1) is 11.8. The van der Waals surface area contributed by atoms with Crippen molar-refractivity contribution >= 4 is 5.91 Å². The maximum atomic E-state index is 12.3. The minimum atomic E-state index is -0.0327. The molecule has 1 aliphatic carbocycles. The van der Waals surface area contributed by atoms with Crippen LogP contribution in [0.1, 0.15) is 36.0 Å². The lowest BCUT2D eigenvalue weighted by Crippen LogP contribution is -2.26. The van der Waals surface area contributed by atoms with E-state index in [9.17, 15) is 4.79 Å². The summed E-state index contributed by atoms with van der Waals surface area (Å²) < 4.78 is 5.34. The first-order valence-electron chi connectivity index (χ1n) is 8.32. The minimum absolute atomic E-state index is 0.0327. The maximum absolute atomic E-state index is 12.3. The number of pyridine rings is 1. The number of rotatable bonds is 5. The summed E-state index contributed by atoms with van der Waals surface area (Å²) in [5, 5.41) is 3.01. The molecule has 0 fully saturated rings. The number of carbonyl (C=O) groups is 1. The lowest BCUT2D eigenvalue weighted by Gasteiger charge is -2.13. The number of carbonyl (C=O) groups excluding carboxylic acids is 1. The second kappa shape index (κ2) is 7.77. The molecule has 1 amide bonds. The highest BCUT2D eigenvalue weighted by molar-refractivity contribution is 5.94. The zero-order chi connectivity index (χ0) is 16.8. The third-order valence-electron chi connectivity index (χ3n) is 4.32. The third kappa shape index (κ3) is 3.82. The normalized spacial score (nSPS) is 14.0. The maximum Gasteiger partial charge on any atom is 0.251 e. The number of amides is 1. The third-order valence-corrected chi connectivity index (χ3v) is 4.32. The van der Waals surface area contributed by atoms with Gasteiger partial charge in [-0.25, -0.2) is 0 Å². The molecule has 0 saturated carbocycles. The molecule has 1 aromatic heterocycles. The van der Waals surface area contributed by atoms with Crippen molar-refractivity contribution in [1.82, 2.24) is 10.3 Å². The van der Waals surface area contributed by atoms with Crippen LogP contribution in [0.25, 0.3) is 11.1 Å². The van der Waals surface area contributed by atoms with Gasteiger partial charge in [-0.3, -0.25) is 9.78 Å². The molecule has 1 aliphatic rings. The average molecular weight is 322 g/mol. The molecule has 1 aromatic carbocycles. The molecule has 124 valence electrons. The molecule has 24 heavy (non-hydrogen) atoms. The topological polar surface area (TPSA) is 51.2 Å². The van der Waals surface area contributed by atoms with Gasteiger partial charge in [-0.05, 0) is 49.4 Å². The van der Waals surface area contributed by atoms with Crippen molar-refractivity contribution in [2.75, 3.05) is 13.7 Å². The predicted molar refractivity (Wildman–Crippen MR) is 95.1 cm³/mol. The van der Waals surface area contributed by atoms with E-state index in [1.54, 1.807) is 19.5 Å². The van der Waals surface area contributed by atoms with E-state index in [0.717, 1.165) is 29.7 Å². The number of benzene rings is 1. The number of nitrogens with one attached hydrogen (secondary N) is 1. The molecule has 0 saturated heterocycles. The van der Waals surface area contributed by atoms with Crippen LogP contribution in [-0.2, 0) is 0 Å². The van der Waals surface area contributed by atoms with E-state index in [4.69, 9.17) is 4.74 Å². The smallest absolute Gasteiger partial charge is 0.251 e. The molecular weight excluding hydrogens is 300 g/mol. The van der Waals surface area contributed by atoms with Crippen molar-refractivity contribution in [3.05, 3.63) is 59.9 Å². The molecule has 1 heterocycles.